The van der Waals surface area contributed by atoms with Crippen LogP contribution in [0.3, 0.4) is 0 Å². The zero-order valence-electron chi connectivity index (χ0n) is 10.0. The summed E-state index contributed by atoms with van der Waals surface area (Å²) in [5.74, 6) is 1.50. The number of methoxy groups -OCH3 is 1. The number of nitrogens with two attached hydrogens (primary N) is 1. The van der Waals surface area contributed by atoms with Crippen molar-refractivity contribution in [3.63, 3.8) is 0 Å². The van der Waals surface area contributed by atoms with Gasteiger partial charge in [-0.2, -0.15) is 0 Å². The summed E-state index contributed by atoms with van der Waals surface area (Å²) in [5.41, 5.74) is 8.26. The van der Waals surface area contributed by atoms with Gasteiger partial charge in [0.25, 0.3) is 0 Å². The van der Waals surface area contributed by atoms with Crippen molar-refractivity contribution >= 4 is 16.7 Å². The quantitative estimate of drug-likeness (QED) is 0.694. The second kappa shape index (κ2) is 4.11. The Labute approximate surface area is 105 Å². The summed E-state index contributed by atoms with van der Waals surface area (Å²) < 4.78 is 11.0. The van der Waals surface area contributed by atoms with Crippen LogP contribution in [0, 0.1) is 0 Å². The molecule has 0 aliphatic rings. The van der Waals surface area contributed by atoms with Crippen molar-refractivity contribution in [3.8, 4) is 17.1 Å². The molecule has 2 aromatic carbocycles. The molecule has 18 heavy (non-hydrogen) atoms. The first kappa shape index (κ1) is 10.7. The summed E-state index contributed by atoms with van der Waals surface area (Å²) in [5, 5.41) is 0.986. The molecule has 2 N–H and O–H groups in total. The third-order valence-electron chi connectivity index (χ3n) is 2.93. The molecular formula is C15H13NO2. The Bertz CT molecular complexity index is 686. The lowest BCUT2D eigenvalue weighted by Crippen LogP contribution is -1.90. The molecule has 3 heteroatoms. The van der Waals surface area contributed by atoms with Gasteiger partial charge in [0, 0.05) is 17.0 Å². The van der Waals surface area contributed by atoms with E-state index >= 15 is 0 Å². The Kier molecular flexibility index (Phi) is 2.45. The van der Waals surface area contributed by atoms with Crippen LogP contribution >= 0.6 is 0 Å². The number of benzene rings is 2. The molecule has 0 aliphatic carbocycles. The molecule has 0 saturated heterocycles. The number of fused-ring (bicyclic) bond motifs is 1. The molecule has 0 amide bonds. The van der Waals surface area contributed by atoms with Crippen LogP contribution in [0.2, 0.25) is 0 Å². The van der Waals surface area contributed by atoms with E-state index in [1.54, 1.807) is 13.2 Å². The van der Waals surface area contributed by atoms with Crippen molar-refractivity contribution in [3.05, 3.63) is 48.5 Å². The minimum Gasteiger partial charge on any atom is -0.495 e. The molecule has 0 saturated carbocycles. The van der Waals surface area contributed by atoms with Crippen molar-refractivity contribution < 1.29 is 9.15 Å². The van der Waals surface area contributed by atoms with Gasteiger partial charge in [0.15, 0.2) is 0 Å². The second-order valence-electron chi connectivity index (χ2n) is 4.11. The van der Waals surface area contributed by atoms with Crippen molar-refractivity contribution in [1.29, 1.82) is 0 Å². The summed E-state index contributed by atoms with van der Waals surface area (Å²) in [6.45, 7) is 0. The lowest BCUT2D eigenvalue weighted by molar-refractivity contribution is 0.417. The number of rotatable bonds is 2. The Morgan fingerprint density at radius 2 is 1.83 bits per heavy atom. The van der Waals surface area contributed by atoms with Crippen molar-refractivity contribution in [1.82, 2.24) is 0 Å². The van der Waals surface area contributed by atoms with E-state index in [2.05, 4.69) is 0 Å². The van der Waals surface area contributed by atoms with E-state index in [1.165, 1.54) is 0 Å². The predicted molar refractivity (Wildman–Crippen MR) is 72.6 cm³/mol. The van der Waals surface area contributed by atoms with Crippen LogP contribution in [0.15, 0.2) is 52.9 Å². The van der Waals surface area contributed by atoms with Crippen LogP contribution in [0.4, 0.5) is 5.69 Å². The Balaban J connectivity index is 2.17. The number of hydrogen-bond donors (Lipinski definition) is 1. The molecule has 0 bridgehead atoms. The topological polar surface area (TPSA) is 48.4 Å². The van der Waals surface area contributed by atoms with Gasteiger partial charge >= 0.3 is 0 Å². The Morgan fingerprint density at radius 3 is 2.56 bits per heavy atom. The standard InChI is InChI=1S/C15H13NO2/c1-17-15-8-11-7-13(10-5-3-2-4-6-10)18-14(11)9-12(15)16/h2-9H,16H2,1H3. The monoisotopic (exact) mass is 239 g/mol. The van der Waals surface area contributed by atoms with Gasteiger partial charge < -0.3 is 14.9 Å². The summed E-state index contributed by atoms with van der Waals surface area (Å²) in [4.78, 5) is 0. The first-order valence-corrected chi connectivity index (χ1v) is 5.70. The van der Waals surface area contributed by atoms with E-state index in [-0.39, 0.29) is 0 Å². The minimum absolute atomic E-state index is 0.582. The second-order valence-corrected chi connectivity index (χ2v) is 4.11. The van der Waals surface area contributed by atoms with Gasteiger partial charge in [-0.25, -0.2) is 0 Å². The number of ether oxygens (including phenoxy) is 1. The smallest absolute Gasteiger partial charge is 0.142 e. The van der Waals surface area contributed by atoms with Crippen LogP contribution < -0.4 is 10.5 Å². The molecule has 90 valence electrons. The number of hydrogen-bond acceptors (Lipinski definition) is 3. The van der Waals surface area contributed by atoms with E-state index in [9.17, 15) is 0 Å². The highest BCUT2D eigenvalue weighted by Crippen LogP contribution is 2.33. The van der Waals surface area contributed by atoms with E-state index in [0.717, 1.165) is 22.3 Å². The zero-order chi connectivity index (χ0) is 12.5. The molecule has 0 atom stereocenters. The average molecular weight is 239 g/mol. The summed E-state index contributed by atoms with van der Waals surface area (Å²) >= 11 is 0. The number of nitrogen functional groups attached to an aromatic ring is 1. The van der Waals surface area contributed by atoms with Gasteiger partial charge in [0.05, 0.1) is 12.8 Å². The molecule has 0 unspecified atom stereocenters. The molecule has 0 aliphatic heterocycles. The van der Waals surface area contributed by atoms with Crippen LogP contribution in [0.25, 0.3) is 22.3 Å². The van der Waals surface area contributed by atoms with Gasteiger partial charge in [-0.3, -0.25) is 0 Å². The van der Waals surface area contributed by atoms with Gasteiger partial charge in [-0.15, -0.1) is 0 Å². The largest absolute Gasteiger partial charge is 0.495 e. The summed E-state index contributed by atoms with van der Waals surface area (Å²) in [6.07, 6.45) is 0. The maximum atomic E-state index is 5.86. The van der Waals surface area contributed by atoms with Crippen molar-refractivity contribution in [2.75, 3.05) is 12.8 Å². The molecular weight excluding hydrogens is 226 g/mol. The number of anilines is 1. The zero-order valence-corrected chi connectivity index (χ0v) is 10.0. The molecule has 3 rings (SSSR count). The summed E-state index contributed by atoms with van der Waals surface area (Å²) in [7, 11) is 1.61. The maximum Gasteiger partial charge on any atom is 0.142 e. The molecule has 0 fully saturated rings. The lowest BCUT2D eigenvalue weighted by Gasteiger charge is -2.02. The predicted octanol–water partition coefficient (Wildman–Crippen LogP) is 3.69. The van der Waals surface area contributed by atoms with Crippen molar-refractivity contribution in [2.24, 2.45) is 0 Å². The van der Waals surface area contributed by atoms with E-state index in [1.807, 2.05) is 42.5 Å². The van der Waals surface area contributed by atoms with Crippen LogP contribution in [-0.4, -0.2) is 7.11 Å². The van der Waals surface area contributed by atoms with E-state index in [4.69, 9.17) is 14.9 Å². The first-order chi connectivity index (χ1) is 8.78. The SMILES string of the molecule is COc1cc2cc(-c3ccccc3)oc2cc1N. The Morgan fingerprint density at radius 1 is 1.06 bits per heavy atom. The molecule has 1 aromatic heterocycles. The fourth-order valence-electron chi connectivity index (χ4n) is 2.00. The number of furan rings is 1. The van der Waals surface area contributed by atoms with Crippen LogP contribution in [-0.2, 0) is 0 Å². The van der Waals surface area contributed by atoms with E-state index < -0.39 is 0 Å². The summed E-state index contributed by atoms with van der Waals surface area (Å²) in [6, 6.07) is 15.6. The molecule has 3 aromatic rings. The fraction of sp³-hybridized carbons (Fsp3) is 0.0667. The van der Waals surface area contributed by atoms with Crippen LogP contribution in [0.5, 0.6) is 5.75 Å². The van der Waals surface area contributed by atoms with Gasteiger partial charge in [0.1, 0.15) is 17.1 Å². The average Bonchev–Trinajstić information content (AvgIpc) is 2.81. The highest BCUT2D eigenvalue weighted by atomic mass is 16.5. The highest BCUT2D eigenvalue weighted by Gasteiger charge is 2.09. The first-order valence-electron chi connectivity index (χ1n) is 5.70. The van der Waals surface area contributed by atoms with Gasteiger partial charge in [-0.1, -0.05) is 30.3 Å². The minimum atomic E-state index is 0.582. The van der Waals surface area contributed by atoms with Crippen LogP contribution in [0.1, 0.15) is 0 Å². The maximum absolute atomic E-state index is 5.86. The fourth-order valence-corrected chi connectivity index (χ4v) is 2.00. The molecule has 0 radical (unpaired) electrons. The van der Waals surface area contributed by atoms with Gasteiger partial charge in [0.2, 0.25) is 0 Å². The lowest BCUT2D eigenvalue weighted by atomic mass is 10.1. The Hall–Kier alpha value is -2.42. The normalized spacial score (nSPS) is 10.7. The highest BCUT2D eigenvalue weighted by molar-refractivity contribution is 5.87. The van der Waals surface area contributed by atoms with Crippen molar-refractivity contribution in [2.45, 2.75) is 0 Å². The third kappa shape index (κ3) is 1.70. The molecule has 0 spiro atoms. The molecule has 1 heterocycles. The van der Waals surface area contributed by atoms with Gasteiger partial charge in [-0.05, 0) is 12.1 Å². The molecule has 3 nitrogen and oxygen atoms in total. The van der Waals surface area contributed by atoms with E-state index in [0.29, 0.717) is 11.4 Å². The third-order valence-corrected chi connectivity index (χ3v) is 2.93.